The number of aliphatic hydroxyl groups is 2. The van der Waals surface area contributed by atoms with Crippen molar-refractivity contribution in [3.05, 3.63) is 70.8 Å². The van der Waals surface area contributed by atoms with E-state index in [1.807, 2.05) is 42.5 Å². The van der Waals surface area contributed by atoms with Crippen molar-refractivity contribution in [1.82, 2.24) is 0 Å². The highest BCUT2D eigenvalue weighted by molar-refractivity contribution is 5.33. The lowest BCUT2D eigenvalue weighted by Gasteiger charge is -2.19. The Balaban J connectivity index is 2.19. The second-order valence-corrected chi connectivity index (χ2v) is 6.69. The summed E-state index contributed by atoms with van der Waals surface area (Å²) in [6.07, 6.45) is 0.816. The lowest BCUT2D eigenvalue weighted by Crippen LogP contribution is -2.15. The predicted octanol–water partition coefficient (Wildman–Crippen LogP) is 3.73. The van der Waals surface area contributed by atoms with Crippen LogP contribution >= 0.6 is 0 Å². The summed E-state index contributed by atoms with van der Waals surface area (Å²) < 4.78 is 0. The molecule has 0 unspecified atom stereocenters. The van der Waals surface area contributed by atoms with Crippen molar-refractivity contribution in [1.29, 1.82) is 0 Å². The molecule has 0 bridgehead atoms. The van der Waals surface area contributed by atoms with Crippen LogP contribution in [-0.2, 0) is 17.6 Å². The largest absolute Gasteiger partial charge is 0.386 e. The van der Waals surface area contributed by atoms with E-state index < -0.39 is 11.2 Å². The molecule has 0 atom stereocenters. The van der Waals surface area contributed by atoms with Crippen molar-refractivity contribution in [2.45, 2.75) is 45.3 Å². The first kappa shape index (κ1) is 15.7. The van der Waals surface area contributed by atoms with Crippen LogP contribution in [0.15, 0.2) is 48.5 Å². The fourth-order valence-corrected chi connectivity index (χ4v) is 2.33. The molecule has 0 aliphatic rings. The molecule has 0 fully saturated rings. The Bertz CT molecular complexity index is 599. The number of rotatable bonds is 4. The SMILES string of the molecule is CC(C)(O)c1ccc(Cc2cccc(C(C)(C)O)c2)cc1. The zero-order chi connectivity index (χ0) is 15.7. The molecule has 2 aromatic rings. The highest BCUT2D eigenvalue weighted by Crippen LogP contribution is 2.23. The zero-order valence-electron chi connectivity index (χ0n) is 13.2. The van der Waals surface area contributed by atoms with Gasteiger partial charge in [0.2, 0.25) is 0 Å². The van der Waals surface area contributed by atoms with Gasteiger partial charge >= 0.3 is 0 Å². The maximum absolute atomic E-state index is 10.1. The lowest BCUT2D eigenvalue weighted by molar-refractivity contribution is 0.0779. The molecule has 2 N–H and O–H groups in total. The Morgan fingerprint density at radius 2 is 1.29 bits per heavy atom. The van der Waals surface area contributed by atoms with Crippen LogP contribution in [0.1, 0.15) is 49.9 Å². The normalized spacial score (nSPS) is 12.5. The second kappa shape index (κ2) is 5.63. The van der Waals surface area contributed by atoms with Crippen LogP contribution in [0.5, 0.6) is 0 Å². The Morgan fingerprint density at radius 1 is 0.714 bits per heavy atom. The molecule has 2 aromatic carbocycles. The number of hydrogen-bond acceptors (Lipinski definition) is 2. The van der Waals surface area contributed by atoms with E-state index in [0.29, 0.717) is 0 Å². The van der Waals surface area contributed by atoms with E-state index in [1.54, 1.807) is 27.7 Å². The molecule has 0 saturated carbocycles. The van der Waals surface area contributed by atoms with Crippen LogP contribution < -0.4 is 0 Å². The average molecular weight is 284 g/mol. The Labute approximate surface area is 127 Å². The van der Waals surface area contributed by atoms with Crippen LogP contribution in [0.2, 0.25) is 0 Å². The van der Waals surface area contributed by atoms with E-state index in [1.165, 1.54) is 11.1 Å². The van der Waals surface area contributed by atoms with E-state index in [2.05, 4.69) is 6.07 Å². The third kappa shape index (κ3) is 4.16. The van der Waals surface area contributed by atoms with Gasteiger partial charge in [0.15, 0.2) is 0 Å². The molecule has 0 spiro atoms. The fourth-order valence-electron chi connectivity index (χ4n) is 2.33. The minimum absolute atomic E-state index is 0.806. The Kier molecular flexibility index (Phi) is 4.22. The van der Waals surface area contributed by atoms with Crippen molar-refractivity contribution >= 4 is 0 Å². The molecule has 0 aliphatic heterocycles. The molecule has 0 radical (unpaired) electrons. The van der Waals surface area contributed by atoms with Crippen molar-refractivity contribution in [3.8, 4) is 0 Å². The summed E-state index contributed by atoms with van der Waals surface area (Å²) in [7, 11) is 0. The highest BCUT2D eigenvalue weighted by Gasteiger charge is 2.17. The van der Waals surface area contributed by atoms with E-state index in [9.17, 15) is 10.2 Å². The topological polar surface area (TPSA) is 40.5 Å². The maximum Gasteiger partial charge on any atom is 0.0840 e. The van der Waals surface area contributed by atoms with Gasteiger partial charge in [-0.15, -0.1) is 0 Å². The predicted molar refractivity (Wildman–Crippen MR) is 86.2 cm³/mol. The van der Waals surface area contributed by atoms with Gasteiger partial charge in [-0.3, -0.25) is 0 Å². The molecule has 2 heteroatoms. The molecule has 2 nitrogen and oxygen atoms in total. The van der Waals surface area contributed by atoms with Crippen molar-refractivity contribution in [2.75, 3.05) is 0 Å². The standard InChI is InChI=1S/C19H24O2/c1-18(2,20)16-10-8-14(9-11-16)12-15-6-5-7-17(13-15)19(3,4)21/h5-11,13,20-21H,12H2,1-4H3. The molecule has 2 rings (SSSR count). The molecule has 21 heavy (non-hydrogen) atoms. The molecular weight excluding hydrogens is 260 g/mol. The van der Waals surface area contributed by atoms with Gasteiger partial charge in [-0.1, -0.05) is 48.5 Å². The van der Waals surface area contributed by atoms with Crippen LogP contribution in [0.4, 0.5) is 0 Å². The molecule has 0 aliphatic carbocycles. The van der Waals surface area contributed by atoms with E-state index in [-0.39, 0.29) is 0 Å². The molecule has 0 heterocycles. The van der Waals surface area contributed by atoms with Gasteiger partial charge in [0.1, 0.15) is 0 Å². The van der Waals surface area contributed by atoms with Crippen molar-refractivity contribution in [3.63, 3.8) is 0 Å². The summed E-state index contributed by atoms with van der Waals surface area (Å²) in [6.45, 7) is 7.16. The smallest absolute Gasteiger partial charge is 0.0840 e. The van der Waals surface area contributed by atoms with Gasteiger partial charge in [-0.2, -0.15) is 0 Å². The van der Waals surface area contributed by atoms with Gasteiger partial charge in [-0.25, -0.2) is 0 Å². The van der Waals surface area contributed by atoms with Gasteiger partial charge in [0, 0.05) is 0 Å². The van der Waals surface area contributed by atoms with Crippen LogP contribution in [0, 0.1) is 0 Å². The zero-order valence-corrected chi connectivity index (χ0v) is 13.2. The monoisotopic (exact) mass is 284 g/mol. The minimum atomic E-state index is -0.819. The fraction of sp³-hybridized carbons (Fsp3) is 0.368. The quantitative estimate of drug-likeness (QED) is 0.898. The number of hydrogen-bond donors (Lipinski definition) is 2. The molecule has 0 amide bonds. The van der Waals surface area contributed by atoms with E-state index >= 15 is 0 Å². The second-order valence-electron chi connectivity index (χ2n) is 6.69. The summed E-state index contributed by atoms with van der Waals surface area (Å²) >= 11 is 0. The van der Waals surface area contributed by atoms with Gasteiger partial charge in [0.25, 0.3) is 0 Å². The summed E-state index contributed by atoms with van der Waals surface area (Å²) in [5.41, 5.74) is 2.58. The first-order valence-electron chi connectivity index (χ1n) is 7.30. The minimum Gasteiger partial charge on any atom is -0.386 e. The summed E-state index contributed by atoms with van der Waals surface area (Å²) in [5, 5.41) is 20.0. The van der Waals surface area contributed by atoms with Crippen LogP contribution in [0.25, 0.3) is 0 Å². The van der Waals surface area contributed by atoms with E-state index in [4.69, 9.17) is 0 Å². The van der Waals surface area contributed by atoms with Crippen LogP contribution in [-0.4, -0.2) is 10.2 Å². The molecule has 0 aromatic heterocycles. The highest BCUT2D eigenvalue weighted by atomic mass is 16.3. The lowest BCUT2D eigenvalue weighted by atomic mass is 9.93. The average Bonchev–Trinajstić information content (AvgIpc) is 2.37. The van der Waals surface area contributed by atoms with Crippen molar-refractivity contribution < 1.29 is 10.2 Å². The molecular formula is C19H24O2. The van der Waals surface area contributed by atoms with Gasteiger partial charge < -0.3 is 10.2 Å². The van der Waals surface area contributed by atoms with E-state index in [0.717, 1.165) is 17.5 Å². The summed E-state index contributed by atoms with van der Waals surface area (Å²) in [6, 6.07) is 16.1. The third-order valence-corrected chi connectivity index (χ3v) is 3.70. The molecule has 0 saturated heterocycles. The third-order valence-electron chi connectivity index (χ3n) is 3.70. The van der Waals surface area contributed by atoms with Crippen molar-refractivity contribution in [2.24, 2.45) is 0 Å². The first-order valence-corrected chi connectivity index (χ1v) is 7.30. The summed E-state index contributed by atoms with van der Waals surface area (Å²) in [4.78, 5) is 0. The molecule has 112 valence electrons. The Hall–Kier alpha value is -1.64. The first-order chi connectivity index (χ1) is 9.66. The van der Waals surface area contributed by atoms with Crippen LogP contribution in [0.3, 0.4) is 0 Å². The summed E-state index contributed by atoms with van der Waals surface area (Å²) in [5.74, 6) is 0. The Morgan fingerprint density at radius 3 is 1.81 bits per heavy atom. The maximum atomic E-state index is 10.1. The van der Waals surface area contributed by atoms with Gasteiger partial charge in [0.05, 0.1) is 11.2 Å². The number of benzene rings is 2. The van der Waals surface area contributed by atoms with Gasteiger partial charge in [-0.05, 0) is 56.4 Å².